The van der Waals surface area contributed by atoms with E-state index in [2.05, 4.69) is 30.7 Å². The number of hydrogen-bond donors (Lipinski definition) is 4. The topological polar surface area (TPSA) is 125 Å². The molecule has 2 unspecified atom stereocenters. The molecule has 0 bridgehead atoms. The van der Waals surface area contributed by atoms with E-state index in [9.17, 15) is 9.90 Å². The maximum atomic E-state index is 12.4. The molecule has 0 aliphatic carbocycles. The molecule has 1 saturated heterocycles. The van der Waals surface area contributed by atoms with Gasteiger partial charge in [0, 0.05) is 25.8 Å². The van der Waals surface area contributed by atoms with Crippen LogP contribution in [0.3, 0.4) is 0 Å². The number of methoxy groups -OCH3 is 1. The minimum Gasteiger partial charge on any atom is -0.479 e. The lowest BCUT2D eigenvalue weighted by Gasteiger charge is -2.20. The lowest BCUT2D eigenvalue weighted by atomic mass is 10.2. The van der Waals surface area contributed by atoms with Crippen LogP contribution in [0.4, 0.5) is 10.6 Å². The van der Waals surface area contributed by atoms with Gasteiger partial charge in [-0.1, -0.05) is 0 Å². The maximum Gasteiger partial charge on any atom is 0.320 e. The van der Waals surface area contributed by atoms with E-state index in [4.69, 9.17) is 9.47 Å². The van der Waals surface area contributed by atoms with Crippen LogP contribution < -0.4 is 15.4 Å². The van der Waals surface area contributed by atoms with Gasteiger partial charge in [-0.2, -0.15) is 0 Å². The van der Waals surface area contributed by atoms with E-state index in [1.165, 1.54) is 7.11 Å². The molecule has 10 heteroatoms. The summed E-state index contributed by atoms with van der Waals surface area (Å²) in [5.74, 6) is 0.658. The largest absolute Gasteiger partial charge is 0.479 e. The van der Waals surface area contributed by atoms with Crippen LogP contribution in [-0.2, 0) is 11.3 Å². The van der Waals surface area contributed by atoms with E-state index in [1.807, 2.05) is 14.0 Å². The molecule has 26 heavy (non-hydrogen) atoms. The van der Waals surface area contributed by atoms with E-state index < -0.39 is 0 Å². The van der Waals surface area contributed by atoms with Crippen molar-refractivity contribution in [2.24, 2.45) is 0 Å². The van der Waals surface area contributed by atoms with Crippen molar-refractivity contribution < 1.29 is 19.4 Å². The van der Waals surface area contributed by atoms with Crippen LogP contribution in [0.15, 0.2) is 6.07 Å². The van der Waals surface area contributed by atoms with Gasteiger partial charge in [0.15, 0.2) is 0 Å². The van der Waals surface area contributed by atoms with Gasteiger partial charge >= 0.3 is 6.03 Å². The molecule has 2 atom stereocenters. The van der Waals surface area contributed by atoms with E-state index >= 15 is 0 Å². The first kappa shape index (κ1) is 18.4. The Morgan fingerprint density at radius 3 is 3.00 bits per heavy atom. The van der Waals surface area contributed by atoms with Crippen molar-refractivity contribution in [3.05, 3.63) is 11.8 Å². The van der Waals surface area contributed by atoms with E-state index in [0.717, 1.165) is 6.54 Å². The van der Waals surface area contributed by atoms with Crippen LogP contribution in [0.5, 0.6) is 5.88 Å². The van der Waals surface area contributed by atoms with Crippen molar-refractivity contribution in [2.45, 2.75) is 25.7 Å². The number of likely N-dealkylation sites (N-methyl/N-ethyl adjacent to an activating group) is 1. The minimum atomic E-state index is -0.378. The Morgan fingerprint density at radius 2 is 2.31 bits per heavy atom. The lowest BCUT2D eigenvalue weighted by molar-refractivity contribution is 0.0568. The SMILES string of the molecule is CCOC1CN(C)CC1NC(=O)Nc1cc2[nH]nc(OC)c2c(CO)n1. The number of amides is 2. The van der Waals surface area contributed by atoms with Gasteiger partial charge in [0.1, 0.15) is 5.82 Å². The van der Waals surface area contributed by atoms with Crippen molar-refractivity contribution in [3.8, 4) is 5.88 Å². The molecule has 4 N–H and O–H groups in total. The van der Waals surface area contributed by atoms with Gasteiger partial charge in [-0.05, 0) is 14.0 Å². The number of aromatic nitrogens is 3. The summed E-state index contributed by atoms with van der Waals surface area (Å²) in [6, 6.07) is 1.16. The molecule has 1 aliphatic rings. The first-order chi connectivity index (χ1) is 12.5. The first-order valence-corrected chi connectivity index (χ1v) is 8.46. The van der Waals surface area contributed by atoms with Gasteiger partial charge in [-0.3, -0.25) is 10.4 Å². The molecular formula is C16H24N6O4. The summed E-state index contributed by atoms with van der Waals surface area (Å²) in [5, 5.41) is 22.6. The van der Waals surface area contributed by atoms with Gasteiger partial charge in [0.25, 0.3) is 0 Å². The number of nitrogens with one attached hydrogen (secondary N) is 3. The second kappa shape index (κ2) is 7.85. The third-order valence-corrected chi connectivity index (χ3v) is 4.32. The number of pyridine rings is 1. The number of nitrogens with zero attached hydrogens (tertiary/aromatic N) is 3. The molecule has 0 spiro atoms. The third-order valence-electron chi connectivity index (χ3n) is 4.32. The number of carbonyl (C=O) groups is 1. The number of aliphatic hydroxyl groups excluding tert-OH is 1. The molecule has 3 rings (SSSR count). The minimum absolute atomic E-state index is 0.0453. The predicted molar refractivity (Wildman–Crippen MR) is 95.2 cm³/mol. The van der Waals surface area contributed by atoms with Crippen LogP contribution in [0.25, 0.3) is 10.9 Å². The summed E-state index contributed by atoms with van der Waals surface area (Å²) >= 11 is 0. The average Bonchev–Trinajstić information content (AvgIpc) is 3.17. The number of anilines is 1. The Kier molecular flexibility index (Phi) is 5.55. The van der Waals surface area contributed by atoms with Crippen LogP contribution in [0, 0.1) is 0 Å². The van der Waals surface area contributed by atoms with Gasteiger partial charge in [-0.25, -0.2) is 9.78 Å². The summed E-state index contributed by atoms with van der Waals surface area (Å²) in [6.07, 6.45) is -0.0453. The van der Waals surface area contributed by atoms with Crippen LogP contribution in [-0.4, -0.2) is 77.2 Å². The van der Waals surface area contributed by atoms with E-state index in [-0.39, 0.29) is 24.8 Å². The zero-order valence-corrected chi connectivity index (χ0v) is 15.1. The zero-order valence-electron chi connectivity index (χ0n) is 15.1. The Labute approximate surface area is 150 Å². The predicted octanol–water partition coefficient (Wildman–Crippen LogP) is 0.299. The normalized spacial score (nSPS) is 20.5. The summed E-state index contributed by atoms with van der Waals surface area (Å²) in [5.41, 5.74) is 0.986. The summed E-state index contributed by atoms with van der Waals surface area (Å²) < 4.78 is 10.8. The molecule has 3 heterocycles. The van der Waals surface area contributed by atoms with E-state index in [0.29, 0.717) is 41.4 Å². The van der Waals surface area contributed by atoms with Gasteiger partial charge in [0.2, 0.25) is 5.88 Å². The summed E-state index contributed by atoms with van der Waals surface area (Å²) in [4.78, 5) is 18.8. The Morgan fingerprint density at radius 1 is 1.50 bits per heavy atom. The number of aromatic amines is 1. The molecule has 2 aromatic rings. The highest BCUT2D eigenvalue weighted by molar-refractivity contribution is 5.93. The second-order valence-electron chi connectivity index (χ2n) is 6.19. The van der Waals surface area contributed by atoms with Gasteiger partial charge in [0.05, 0.1) is 42.5 Å². The number of rotatable bonds is 6. The van der Waals surface area contributed by atoms with Crippen molar-refractivity contribution in [1.82, 2.24) is 25.4 Å². The monoisotopic (exact) mass is 364 g/mol. The number of aliphatic hydroxyl groups is 1. The highest BCUT2D eigenvalue weighted by Gasteiger charge is 2.32. The fraction of sp³-hybridized carbons (Fsp3) is 0.562. The number of ether oxygens (including phenoxy) is 2. The van der Waals surface area contributed by atoms with Crippen molar-refractivity contribution in [3.63, 3.8) is 0 Å². The number of carbonyl (C=O) groups excluding carboxylic acids is 1. The molecule has 10 nitrogen and oxygen atoms in total. The standard InChI is InChI=1S/C16H24N6O4/c1-4-26-12-7-22(2)6-10(12)18-16(24)19-13-5-9-14(11(8-23)17-13)15(25-3)21-20-9/h5,10,12,23H,4,6-8H2,1-3H3,(H,20,21)(H2,17,18,19,24). The molecule has 0 radical (unpaired) electrons. The van der Waals surface area contributed by atoms with Crippen molar-refractivity contribution in [2.75, 3.05) is 39.2 Å². The van der Waals surface area contributed by atoms with E-state index in [1.54, 1.807) is 6.07 Å². The summed E-state index contributed by atoms with van der Waals surface area (Å²) in [7, 11) is 3.48. The molecule has 2 amide bonds. The molecular weight excluding hydrogens is 340 g/mol. The first-order valence-electron chi connectivity index (χ1n) is 8.46. The number of fused-ring (bicyclic) bond motifs is 1. The Hall–Kier alpha value is -2.43. The van der Waals surface area contributed by atoms with Crippen LogP contribution in [0.2, 0.25) is 0 Å². The third kappa shape index (κ3) is 3.71. The van der Waals surface area contributed by atoms with Gasteiger partial charge < -0.3 is 24.8 Å². The number of hydrogen-bond acceptors (Lipinski definition) is 7. The fourth-order valence-corrected chi connectivity index (χ4v) is 3.22. The quantitative estimate of drug-likeness (QED) is 0.581. The number of likely N-dealkylation sites (tertiary alicyclic amines) is 1. The van der Waals surface area contributed by atoms with Gasteiger partial charge in [-0.15, -0.1) is 5.10 Å². The summed E-state index contributed by atoms with van der Waals surface area (Å²) in [6.45, 7) is 3.71. The molecule has 1 aliphatic heterocycles. The van der Waals surface area contributed by atoms with Crippen LogP contribution >= 0.6 is 0 Å². The molecule has 0 saturated carbocycles. The maximum absolute atomic E-state index is 12.4. The number of H-pyrrole nitrogens is 1. The molecule has 1 fully saturated rings. The highest BCUT2D eigenvalue weighted by Crippen LogP contribution is 2.27. The number of urea groups is 1. The van der Waals surface area contributed by atoms with Crippen LogP contribution in [0.1, 0.15) is 12.6 Å². The average molecular weight is 364 g/mol. The molecule has 0 aromatic carbocycles. The van der Waals surface area contributed by atoms with Crippen molar-refractivity contribution >= 4 is 22.8 Å². The molecule has 2 aromatic heterocycles. The Balaban J connectivity index is 1.73. The van der Waals surface area contributed by atoms with Crippen molar-refractivity contribution in [1.29, 1.82) is 0 Å². The highest BCUT2D eigenvalue weighted by atomic mass is 16.5. The lowest BCUT2D eigenvalue weighted by Crippen LogP contribution is -2.45. The second-order valence-corrected chi connectivity index (χ2v) is 6.19. The zero-order chi connectivity index (χ0) is 18.7. The fourth-order valence-electron chi connectivity index (χ4n) is 3.22. The molecule has 142 valence electrons. The smallest absolute Gasteiger partial charge is 0.320 e. The Bertz CT molecular complexity index is 779.